The molecule has 0 spiro atoms. The minimum Gasteiger partial charge on any atom is -0.497 e. The molecule has 2 rings (SSSR count). The van der Waals surface area contributed by atoms with Crippen molar-refractivity contribution in [2.45, 2.75) is 6.10 Å². The van der Waals surface area contributed by atoms with Gasteiger partial charge in [-0.05, 0) is 40.2 Å². The molecular formula is C13H13BrO4. The van der Waals surface area contributed by atoms with Gasteiger partial charge in [0.25, 0.3) is 0 Å². The molecule has 0 aliphatic carbocycles. The zero-order chi connectivity index (χ0) is 13.1. The molecule has 1 aromatic heterocycles. The zero-order valence-corrected chi connectivity index (χ0v) is 11.6. The number of hydrogen-bond acceptors (Lipinski definition) is 4. The van der Waals surface area contributed by atoms with E-state index in [0.29, 0.717) is 27.3 Å². The van der Waals surface area contributed by atoms with E-state index in [1.54, 1.807) is 38.5 Å². The molecule has 0 aliphatic heterocycles. The van der Waals surface area contributed by atoms with Gasteiger partial charge in [0, 0.05) is 5.56 Å². The molecule has 0 saturated carbocycles. The van der Waals surface area contributed by atoms with Crippen molar-refractivity contribution in [1.82, 2.24) is 0 Å². The Bertz CT molecular complexity index is 536. The van der Waals surface area contributed by atoms with Crippen LogP contribution in [0.1, 0.15) is 17.4 Å². The Balaban J connectivity index is 2.45. The van der Waals surface area contributed by atoms with Crippen LogP contribution in [0.5, 0.6) is 11.5 Å². The molecule has 0 fully saturated rings. The minimum absolute atomic E-state index is 0.432. The normalized spacial score (nSPS) is 12.2. The number of ether oxygens (including phenoxy) is 2. The molecule has 1 unspecified atom stereocenters. The maximum absolute atomic E-state index is 10.3. The van der Waals surface area contributed by atoms with Crippen molar-refractivity contribution in [3.63, 3.8) is 0 Å². The number of halogens is 1. The number of aliphatic hydroxyl groups excluding tert-OH is 1. The second kappa shape index (κ2) is 5.46. The van der Waals surface area contributed by atoms with Crippen LogP contribution in [-0.4, -0.2) is 19.3 Å². The third kappa shape index (κ3) is 2.37. The monoisotopic (exact) mass is 312 g/mol. The molecule has 18 heavy (non-hydrogen) atoms. The maximum atomic E-state index is 10.3. The Morgan fingerprint density at radius 3 is 2.56 bits per heavy atom. The number of rotatable bonds is 4. The lowest BCUT2D eigenvalue weighted by atomic mass is 10.1. The predicted molar refractivity (Wildman–Crippen MR) is 70.0 cm³/mol. The van der Waals surface area contributed by atoms with E-state index in [4.69, 9.17) is 13.9 Å². The first-order chi connectivity index (χ1) is 8.67. The second-order valence-electron chi connectivity index (χ2n) is 3.64. The Morgan fingerprint density at radius 1 is 1.22 bits per heavy atom. The van der Waals surface area contributed by atoms with Crippen LogP contribution in [0.2, 0.25) is 0 Å². The third-order valence-corrected chi connectivity index (χ3v) is 3.28. The van der Waals surface area contributed by atoms with Crippen molar-refractivity contribution < 1.29 is 19.0 Å². The SMILES string of the molecule is COc1ccc(OC)c(C(O)c2occc2Br)c1. The van der Waals surface area contributed by atoms with Crippen LogP contribution < -0.4 is 9.47 Å². The highest BCUT2D eigenvalue weighted by Gasteiger charge is 2.21. The molecule has 0 aliphatic rings. The predicted octanol–water partition coefficient (Wildman–Crippen LogP) is 3.14. The lowest BCUT2D eigenvalue weighted by Crippen LogP contribution is -2.02. The van der Waals surface area contributed by atoms with E-state index in [1.807, 2.05) is 0 Å². The van der Waals surface area contributed by atoms with E-state index in [9.17, 15) is 5.11 Å². The Labute approximate surface area is 113 Å². The average molecular weight is 313 g/mol. The summed E-state index contributed by atoms with van der Waals surface area (Å²) in [5.41, 5.74) is 0.590. The summed E-state index contributed by atoms with van der Waals surface area (Å²) in [6.45, 7) is 0. The van der Waals surface area contributed by atoms with E-state index < -0.39 is 6.10 Å². The average Bonchev–Trinajstić information content (AvgIpc) is 2.83. The molecule has 0 amide bonds. The Kier molecular flexibility index (Phi) is 3.93. The first kappa shape index (κ1) is 13.0. The fourth-order valence-electron chi connectivity index (χ4n) is 1.69. The van der Waals surface area contributed by atoms with Crippen molar-refractivity contribution in [3.8, 4) is 11.5 Å². The second-order valence-corrected chi connectivity index (χ2v) is 4.50. The maximum Gasteiger partial charge on any atom is 0.151 e. The van der Waals surface area contributed by atoms with Gasteiger partial charge in [-0.1, -0.05) is 0 Å². The van der Waals surface area contributed by atoms with Gasteiger partial charge < -0.3 is 19.0 Å². The van der Waals surface area contributed by atoms with Gasteiger partial charge in [-0.25, -0.2) is 0 Å². The van der Waals surface area contributed by atoms with Crippen LogP contribution >= 0.6 is 15.9 Å². The van der Waals surface area contributed by atoms with E-state index in [1.165, 1.54) is 6.26 Å². The van der Waals surface area contributed by atoms with Gasteiger partial charge in [-0.2, -0.15) is 0 Å². The first-order valence-corrected chi connectivity index (χ1v) is 6.09. The van der Waals surface area contributed by atoms with E-state index >= 15 is 0 Å². The molecule has 0 bridgehead atoms. The minimum atomic E-state index is -0.917. The first-order valence-electron chi connectivity index (χ1n) is 5.30. The fraction of sp³-hybridized carbons (Fsp3) is 0.231. The molecule has 1 N–H and O–H groups in total. The topological polar surface area (TPSA) is 51.8 Å². The summed E-state index contributed by atoms with van der Waals surface area (Å²) in [7, 11) is 3.12. The molecule has 4 nitrogen and oxygen atoms in total. The van der Waals surface area contributed by atoms with E-state index in [2.05, 4.69) is 15.9 Å². The fourth-order valence-corrected chi connectivity index (χ4v) is 2.11. The molecule has 0 radical (unpaired) electrons. The zero-order valence-electron chi connectivity index (χ0n) is 10.0. The van der Waals surface area contributed by atoms with Crippen LogP contribution in [0.15, 0.2) is 39.4 Å². The Morgan fingerprint density at radius 2 is 2.00 bits per heavy atom. The molecule has 1 heterocycles. The summed E-state index contributed by atoms with van der Waals surface area (Å²) < 4.78 is 16.3. The van der Waals surface area contributed by atoms with E-state index in [0.717, 1.165) is 0 Å². The van der Waals surface area contributed by atoms with Gasteiger partial charge in [0.1, 0.15) is 17.6 Å². The summed E-state index contributed by atoms with van der Waals surface area (Å²) in [6.07, 6.45) is 0.592. The lowest BCUT2D eigenvalue weighted by molar-refractivity contribution is 0.183. The summed E-state index contributed by atoms with van der Waals surface area (Å²) >= 11 is 3.32. The van der Waals surface area contributed by atoms with Gasteiger partial charge in [-0.15, -0.1) is 0 Å². The van der Waals surface area contributed by atoms with Crippen molar-refractivity contribution in [2.24, 2.45) is 0 Å². The number of aliphatic hydroxyl groups is 1. The smallest absolute Gasteiger partial charge is 0.151 e. The molecule has 96 valence electrons. The van der Waals surface area contributed by atoms with Gasteiger partial charge >= 0.3 is 0 Å². The Hall–Kier alpha value is -1.46. The largest absolute Gasteiger partial charge is 0.497 e. The highest BCUT2D eigenvalue weighted by molar-refractivity contribution is 9.10. The molecular weight excluding hydrogens is 300 g/mol. The highest BCUT2D eigenvalue weighted by Crippen LogP contribution is 2.36. The molecule has 1 atom stereocenters. The van der Waals surface area contributed by atoms with Gasteiger partial charge in [0.05, 0.1) is 25.0 Å². The van der Waals surface area contributed by atoms with Crippen molar-refractivity contribution in [1.29, 1.82) is 0 Å². The molecule has 2 aromatic rings. The van der Waals surface area contributed by atoms with Crippen molar-refractivity contribution >= 4 is 15.9 Å². The summed E-state index contributed by atoms with van der Waals surface area (Å²) in [4.78, 5) is 0. The molecule has 0 saturated heterocycles. The summed E-state index contributed by atoms with van der Waals surface area (Å²) in [5, 5.41) is 10.3. The van der Waals surface area contributed by atoms with Crippen LogP contribution in [0.4, 0.5) is 0 Å². The van der Waals surface area contributed by atoms with Crippen LogP contribution in [-0.2, 0) is 0 Å². The van der Waals surface area contributed by atoms with Gasteiger partial charge in [0.2, 0.25) is 0 Å². The molecule has 5 heteroatoms. The number of furan rings is 1. The highest BCUT2D eigenvalue weighted by atomic mass is 79.9. The summed E-state index contributed by atoms with van der Waals surface area (Å²) in [5.74, 6) is 1.65. The van der Waals surface area contributed by atoms with Crippen LogP contribution in [0.3, 0.4) is 0 Å². The van der Waals surface area contributed by atoms with Gasteiger partial charge in [0.15, 0.2) is 5.76 Å². The lowest BCUT2D eigenvalue weighted by Gasteiger charge is -2.14. The van der Waals surface area contributed by atoms with Crippen molar-refractivity contribution in [2.75, 3.05) is 14.2 Å². The number of hydrogen-bond donors (Lipinski definition) is 1. The van der Waals surface area contributed by atoms with Crippen molar-refractivity contribution in [3.05, 3.63) is 46.3 Å². The number of benzene rings is 1. The third-order valence-electron chi connectivity index (χ3n) is 2.62. The van der Waals surface area contributed by atoms with Gasteiger partial charge in [-0.3, -0.25) is 0 Å². The quantitative estimate of drug-likeness (QED) is 0.942. The van der Waals surface area contributed by atoms with Crippen LogP contribution in [0.25, 0.3) is 0 Å². The number of methoxy groups -OCH3 is 2. The standard InChI is InChI=1S/C13H13BrO4/c1-16-8-3-4-11(17-2)9(7-8)12(15)13-10(14)5-6-18-13/h3-7,12,15H,1-2H3. The van der Waals surface area contributed by atoms with E-state index in [-0.39, 0.29) is 0 Å². The molecule has 1 aromatic carbocycles. The van der Waals surface area contributed by atoms with Crippen LogP contribution in [0, 0.1) is 0 Å². The summed E-state index contributed by atoms with van der Waals surface area (Å²) in [6, 6.07) is 6.96.